The van der Waals surface area contributed by atoms with E-state index in [1.165, 1.54) is 24.3 Å². The number of aromatic hydroxyl groups is 1. The highest BCUT2D eigenvalue weighted by molar-refractivity contribution is 5.80. The van der Waals surface area contributed by atoms with Gasteiger partial charge in [0, 0.05) is 16.7 Å². The average Bonchev–Trinajstić information content (AvgIpc) is 2.31. The quantitative estimate of drug-likeness (QED) is 0.783. The number of hydrogen-bond acceptors (Lipinski definition) is 2. The van der Waals surface area contributed by atoms with Crippen LogP contribution in [-0.4, -0.2) is 11.4 Å². The maximum absolute atomic E-state index is 13.5. The third-order valence-electron chi connectivity index (χ3n) is 2.32. The van der Waals surface area contributed by atoms with Crippen LogP contribution in [0.25, 0.3) is 11.1 Å². The van der Waals surface area contributed by atoms with Gasteiger partial charge in [-0.15, -0.1) is 0 Å². The molecule has 0 aliphatic heterocycles. The summed E-state index contributed by atoms with van der Waals surface area (Å²) in [5.74, 6) is -0.475. The predicted octanol–water partition coefficient (Wildman–Crippen LogP) is 3.01. The van der Waals surface area contributed by atoms with E-state index in [4.69, 9.17) is 0 Å². The number of phenolic OH excluding ortho intramolecular Hbond substituents is 1. The van der Waals surface area contributed by atoms with E-state index in [1.807, 2.05) is 0 Å². The van der Waals surface area contributed by atoms with E-state index in [-0.39, 0.29) is 11.3 Å². The number of benzene rings is 2. The highest BCUT2D eigenvalue weighted by atomic mass is 19.1. The predicted molar refractivity (Wildman–Crippen MR) is 58.9 cm³/mol. The Hall–Kier alpha value is -2.16. The van der Waals surface area contributed by atoms with Crippen LogP contribution in [0, 0.1) is 5.82 Å². The van der Waals surface area contributed by atoms with E-state index < -0.39 is 5.82 Å². The molecule has 2 nitrogen and oxygen atoms in total. The highest BCUT2D eigenvalue weighted by Gasteiger charge is 2.09. The molecular weight excluding hydrogens is 207 g/mol. The Kier molecular flexibility index (Phi) is 2.68. The van der Waals surface area contributed by atoms with Crippen molar-refractivity contribution < 1.29 is 14.3 Å². The number of hydrogen-bond donors (Lipinski definition) is 1. The van der Waals surface area contributed by atoms with E-state index in [9.17, 15) is 14.3 Å². The minimum Gasteiger partial charge on any atom is -0.507 e. The first-order chi connectivity index (χ1) is 7.72. The number of aldehydes is 1. The van der Waals surface area contributed by atoms with Crippen molar-refractivity contribution in [2.24, 2.45) is 0 Å². The van der Waals surface area contributed by atoms with Gasteiger partial charge >= 0.3 is 0 Å². The van der Waals surface area contributed by atoms with Gasteiger partial charge in [-0.1, -0.05) is 18.2 Å². The molecule has 2 rings (SSSR count). The third-order valence-corrected chi connectivity index (χ3v) is 2.32. The lowest BCUT2D eigenvalue weighted by atomic mass is 10.0. The van der Waals surface area contributed by atoms with Crippen LogP contribution in [0.15, 0.2) is 42.5 Å². The van der Waals surface area contributed by atoms with Crippen LogP contribution >= 0.6 is 0 Å². The fraction of sp³-hybridized carbons (Fsp3) is 0. The number of para-hydroxylation sites is 1. The summed E-state index contributed by atoms with van der Waals surface area (Å²) >= 11 is 0. The second-order valence-electron chi connectivity index (χ2n) is 3.37. The fourth-order valence-corrected chi connectivity index (χ4v) is 1.52. The van der Waals surface area contributed by atoms with Crippen molar-refractivity contribution in [2.45, 2.75) is 0 Å². The number of phenols is 1. The number of halogens is 1. The van der Waals surface area contributed by atoms with Gasteiger partial charge in [-0.2, -0.15) is 0 Å². The lowest BCUT2D eigenvalue weighted by molar-refractivity contribution is 0.112. The molecule has 0 saturated heterocycles. The lowest BCUT2D eigenvalue weighted by Crippen LogP contribution is -1.88. The molecule has 2 aromatic carbocycles. The van der Waals surface area contributed by atoms with E-state index in [1.54, 1.807) is 18.2 Å². The van der Waals surface area contributed by atoms with Gasteiger partial charge in [-0.25, -0.2) is 4.39 Å². The average molecular weight is 216 g/mol. The molecule has 0 atom stereocenters. The summed E-state index contributed by atoms with van der Waals surface area (Å²) in [6.45, 7) is 0. The summed E-state index contributed by atoms with van der Waals surface area (Å²) in [5, 5.41) is 9.60. The number of carbonyl (C=O) groups excluding carboxylic acids is 1. The summed E-state index contributed by atoms with van der Waals surface area (Å²) in [7, 11) is 0. The van der Waals surface area contributed by atoms with E-state index in [2.05, 4.69) is 0 Å². The summed E-state index contributed by atoms with van der Waals surface area (Å²) in [5.41, 5.74) is 0.978. The molecule has 1 N–H and O–H groups in total. The van der Waals surface area contributed by atoms with Crippen LogP contribution in [0.1, 0.15) is 10.4 Å². The van der Waals surface area contributed by atoms with Gasteiger partial charge in [0.1, 0.15) is 17.9 Å². The molecule has 2 aromatic rings. The standard InChI is InChI=1S/C13H9FO2/c14-12-6-5-9(8-15)7-11(12)10-3-1-2-4-13(10)16/h1-8,16H. The second-order valence-corrected chi connectivity index (χ2v) is 3.37. The Morgan fingerprint density at radius 3 is 2.50 bits per heavy atom. The topological polar surface area (TPSA) is 37.3 Å². The molecule has 0 radical (unpaired) electrons. The van der Waals surface area contributed by atoms with E-state index >= 15 is 0 Å². The van der Waals surface area contributed by atoms with E-state index in [0.29, 0.717) is 17.4 Å². The van der Waals surface area contributed by atoms with Gasteiger partial charge in [0.25, 0.3) is 0 Å². The Balaban J connectivity index is 2.63. The summed E-state index contributed by atoms with van der Waals surface area (Å²) in [6, 6.07) is 10.4. The first kappa shape index (κ1) is 10.4. The maximum Gasteiger partial charge on any atom is 0.150 e. The van der Waals surface area contributed by atoms with Crippen LogP contribution in [0.2, 0.25) is 0 Å². The van der Waals surface area contributed by atoms with Crippen LogP contribution in [0.3, 0.4) is 0 Å². The van der Waals surface area contributed by atoms with Crippen LogP contribution in [0.5, 0.6) is 5.75 Å². The van der Waals surface area contributed by atoms with Crippen molar-refractivity contribution in [3.63, 3.8) is 0 Å². The van der Waals surface area contributed by atoms with Crippen molar-refractivity contribution in [1.29, 1.82) is 0 Å². The molecule has 0 aromatic heterocycles. The molecule has 3 heteroatoms. The molecule has 0 amide bonds. The first-order valence-corrected chi connectivity index (χ1v) is 4.75. The molecule has 0 spiro atoms. The molecular formula is C13H9FO2. The zero-order valence-electron chi connectivity index (χ0n) is 8.35. The molecule has 0 unspecified atom stereocenters. The molecule has 0 heterocycles. The van der Waals surface area contributed by atoms with Crippen LogP contribution in [-0.2, 0) is 0 Å². The zero-order chi connectivity index (χ0) is 11.5. The van der Waals surface area contributed by atoms with E-state index in [0.717, 1.165) is 0 Å². The molecule has 16 heavy (non-hydrogen) atoms. The number of carbonyl (C=O) groups is 1. The minimum atomic E-state index is -0.466. The van der Waals surface area contributed by atoms with Crippen molar-refractivity contribution >= 4 is 6.29 Å². The fourth-order valence-electron chi connectivity index (χ4n) is 1.52. The Morgan fingerprint density at radius 1 is 1.06 bits per heavy atom. The molecule has 0 aliphatic carbocycles. The van der Waals surface area contributed by atoms with Crippen molar-refractivity contribution in [2.75, 3.05) is 0 Å². The van der Waals surface area contributed by atoms with Gasteiger partial charge in [0.2, 0.25) is 0 Å². The highest BCUT2D eigenvalue weighted by Crippen LogP contribution is 2.30. The molecule has 0 aliphatic rings. The van der Waals surface area contributed by atoms with Gasteiger partial charge in [0.15, 0.2) is 0 Å². The largest absolute Gasteiger partial charge is 0.507 e. The van der Waals surface area contributed by atoms with Gasteiger partial charge < -0.3 is 5.11 Å². The third kappa shape index (κ3) is 1.80. The SMILES string of the molecule is O=Cc1ccc(F)c(-c2ccccc2O)c1. The Labute approximate surface area is 92.0 Å². The lowest BCUT2D eigenvalue weighted by Gasteiger charge is -2.06. The Morgan fingerprint density at radius 2 is 1.81 bits per heavy atom. The Bertz CT molecular complexity index is 535. The van der Waals surface area contributed by atoms with Crippen molar-refractivity contribution in [3.8, 4) is 16.9 Å². The maximum atomic E-state index is 13.5. The molecule has 0 fully saturated rings. The second kappa shape index (κ2) is 4.14. The summed E-state index contributed by atoms with van der Waals surface area (Å²) in [6.07, 6.45) is 0.642. The molecule has 0 saturated carbocycles. The monoisotopic (exact) mass is 216 g/mol. The summed E-state index contributed by atoms with van der Waals surface area (Å²) < 4.78 is 13.5. The van der Waals surface area contributed by atoms with Crippen LogP contribution in [0.4, 0.5) is 4.39 Å². The normalized spacial score (nSPS) is 10.1. The zero-order valence-corrected chi connectivity index (χ0v) is 8.35. The number of rotatable bonds is 2. The first-order valence-electron chi connectivity index (χ1n) is 4.75. The van der Waals surface area contributed by atoms with Gasteiger partial charge in [-0.3, -0.25) is 4.79 Å². The van der Waals surface area contributed by atoms with Crippen LogP contribution < -0.4 is 0 Å². The van der Waals surface area contributed by atoms with Gasteiger partial charge in [0.05, 0.1) is 0 Å². The smallest absolute Gasteiger partial charge is 0.150 e. The molecule has 80 valence electrons. The summed E-state index contributed by atoms with van der Waals surface area (Å²) in [4.78, 5) is 10.6. The van der Waals surface area contributed by atoms with Crippen molar-refractivity contribution in [3.05, 3.63) is 53.8 Å². The van der Waals surface area contributed by atoms with Gasteiger partial charge in [-0.05, 0) is 24.3 Å². The minimum absolute atomic E-state index is 0.00977. The molecule has 0 bridgehead atoms. The van der Waals surface area contributed by atoms with Crippen molar-refractivity contribution in [1.82, 2.24) is 0 Å².